The Balaban J connectivity index is 1.86. The number of hydrazone groups is 1. The molecule has 0 fully saturated rings. The van der Waals surface area contributed by atoms with E-state index in [0.717, 1.165) is 6.07 Å². The molecular weight excluding hydrogens is 427 g/mol. The zero-order valence-electron chi connectivity index (χ0n) is 16.2. The Morgan fingerprint density at radius 3 is 2.55 bits per heavy atom. The number of sulfonamides is 1. The van der Waals surface area contributed by atoms with Crippen LogP contribution < -0.4 is 14.9 Å². The molecule has 0 aromatic heterocycles. The van der Waals surface area contributed by atoms with E-state index >= 15 is 0 Å². The van der Waals surface area contributed by atoms with Gasteiger partial charge < -0.3 is 4.74 Å². The fourth-order valence-electron chi connectivity index (χ4n) is 2.62. The largest absolute Gasteiger partial charge is 0.495 e. The van der Waals surface area contributed by atoms with Crippen LogP contribution >= 0.6 is 0 Å². The Bertz CT molecular complexity index is 1250. The second-order valence-electron chi connectivity index (χ2n) is 6.17. The van der Waals surface area contributed by atoms with E-state index in [-0.39, 0.29) is 16.3 Å². The van der Waals surface area contributed by atoms with Crippen molar-refractivity contribution in [2.75, 3.05) is 17.3 Å². The average Bonchev–Trinajstić information content (AvgIpc) is 2.74. The summed E-state index contributed by atoms with van der Waals surface area (Å²) in [6.07, 6.45) is 1.28. The van der Waals surface area contributed by atoms with E-state index in [1.807, 2.05) is 0 Å². The molecule has 3 rings (SSSR count). The fourth-order valence-corrected chi connectivity index (χ4v) is 3.71. The summed E-state index contributed by atoms with van der Waals surface area (Å²) >= 11 is 0. The number of halogens is 1. The smallest absolute Gasteiger partial charge is 0.295 e. The second-order valence-corrected chi connectivity index (χ2v) is 7.85. The van der Waals surface area contributed by atoms with E-state index in [1.165, 1.54) is 49.7 Å². The lowest BCUT2D eigenvalue weighted by Crippen LogP contribution is -2.14. The minimum Gasteiger partial charge on any atom is -0.495 e. The number of methoxy groups -OCH3 is 1. The lowest BCUT2D eigenvalue weighted by atomic mass is 10.2. The van der Waals surface area contributed by atoms with Crippen LogP contribution in [-0.2, 0) is 10.0 Å². The molecule has 0 aliphatic rings. The fraction of sp³-hybridized carbons (Fsp3) is 0.0500. The molecule has 0 unspecified atom stereocenters. The quantitative estimate of drug-likeness (QED) is 0.308. The molecule has 160 valence electrons. The number of rotatable bonds is 8. The summed E-state index contributed by atoms with van der Waals surface area (Å²) in [5.41, 5.74) is 2.57. The molecule has 11 heteroatoms. The van der Waals surface area contributed by atoms with Gasteiger partial charge in [0.2, 0.25) is 0 Å². The van der Waals surface area contributed by atoms with Gasteiger partial charge in [0, 0.05) is 6.07 Å². The van der Waals surface area contributed by atoms with Crippen LogP contribution in [0.25, 0.3) is 0 Å². The van der Waals surface area contributed by atoms with E-state index in [2.05, 4.69) is 15.2 Å². The van der Waals surface area contributed by atoms with Gasteiger partial charge in [0.1, 0.15) is 17.3 Å². The summed E-state index contributed by atoms with van der Waals surface area (Å²) in [6, 6.07) is 15.3. The van der Waals surface area contributed by atoms with Gasteiger partial charge in [-0.25, -0.2) is 12.8 Å². The van der Waals surface area contributed by atoms with Crippen molar-refractivity contribution in [1.82, 2.24) is 0 Å². The lowest BCUT2D eigenvalue weighted by molar-refractivity contribution is -0.384. The molecule has 9 nitrogen and oxygen atoms in total. The van der Waals surface area contributed by atoms with Crippen LogP contribution in [-0.4, -0.2) is 26.7 Å². The van der Waals surface area contributed by atoms with Crippen molar-refractivity contribution in [1.29, 1.82) is 0 Å². The number of nitrogens with one attached hydrogen (secondary N) is 2. The molecule has 3 aromatic rings. The number of hydrogen-bond acceptors (Lipinski definition) is 7. The lowest BCUT2D eigenvalue weighted by Gasteiger charge is -2.12. The molecule has 0 amide bonds. The van der Waals surface area contributed by atoms with Crippen LogP contribution in [0.5, 0.6) is 5.75 Å². The first kappa shape index (κ1) is 21.7. The SMILES string of the molecule is COc1ccccc1NS(=O)(=O)c1ccc(N/N=C\c2cccc(F)c2)c([N+](=O)[O-])c1. The predicted molar refractivity (Wildman–Crippen MR) is 115 cm³/mol. The third-order valence-electron chi connectivity index (χ3n) is 4.07. The highest BCUT2D eigenvalue weighted by Crippen LogP contribution is 2.30. The van der Waals surface area contributed by atoms with Gasteiger partial charge in [-0.2, -0.15) is 5.10 Å². The summed E-state index contributed by atoms with van der Waals surface area (Å²) in [5.74, 6) is -0.155. The zero-order valence-corrected chi connectivity index (χ0v) is 17.0. The number of ether oxygens (including phenoxy) is 1. The van der Waals surface area contributed by atoms with Crippen LogP contribution in [0.1, 0.15) is 5.56 Å². The molecule has 2 N–H and O–H groups in total. The first-order valence-corrected chi connectivity index (χ1v) is 10.3. The highest BCUT2D eigenvalue weighted by Gasteiger charge is 2.22. The van der Waals surface area contributed by atoms with Crippen molar-refractivity contribution in [2.24, 2.45) is 5.10 Å². The molecule has 0 spiro atoms. The predicted octanol–water partition coefficient (Wildman–Crippen LogP) is 3.99. The molecule has 0 heterocycles. The van der Waals surface area contributed by atoms with Crippen molar-refractivity contribution >= 4 is 33.3 Å². The molecule has 3 aromatic carbocycles. The molecule has 0 atom stereocenters. The number of nitro benzene ring substituents is 1. The van der Waals surface area contributed by atoms with E-state index in [1.54, 1.807) is 24.3 Å². The maximum absolute atomic E-state index is 13.2. The van der Waals surface area contributed by atoms with Gasteiger partial charge in [-0.3, -0.25) is 20.3 Å². The van der Waals surface area contributed by atoms with Crippen LogP contribution in [0.15, 0.2) is 76.7 Å². The van der Waals surface area contributed by atoms with Gasteiger partial charge in [0.05, 0.1) is 28.8 Å². The topological polar surface area (TPSA) is 123 Å². The van der Waals surface area contributed by atoms with Crippen LogP contribution in [0.4, 0.5) is 21.5 Å². The minimum absolute atomic E-state index is 0.0334. The number of nitro groups is 1. The number of benzene rings is 3. The van der Waals surface area contributed by atoms with Crippen LogP contribution in [0, 0.1) is 15.9 Å². The number of nitrogens with zero attached hydrogens (tertiary/aromatic N) is 2. The summed E-state index contributed by atoms with van der Waals surface area (Å²) in [6.45, 7) is 0. The van der Waals surface area contributed by atoms with Gasteiger partial charge >= 0.3 is 0 Å². The van der Waals surface area contributed by atoms with E-state index < -0.39 is 26.5 Å². The summed E-state index contributed by atoms with van der Waals surface area (Å²) < 4.78 is 46.1. The third kappa shape index (κ3) is 5.34. The second kappa shape index (κ2) is 9.22. The molecule has 31 heavy (non-hydrogen) atoms. The first-order valence-electron chi connectivity index (χ1n) is 8.79. The van der Waals surface area contributed by atoms with Gasteiger partial charge in [-0.15, -0.1) is 0 Å². The first-order chi connectivity index (χ1) is 14.8. The van der Waals surface area contributed by atoms with E-state index in [4.69, 9.17) is 4.74 Å². The molecule has 0 radical (unpaired) electrons. The van der Waals surface area contributed by atoms with E-state index in [0.29, 0.717) is 11.3 Å². The summed E-state index contributed by atoms with van der Waals surface area (Å²) in [7, 11) is -2.74. The third-order valence-corrected chi connectivity index (χ3v) is 5.44. The monoisotopic (exact) mass is 444 g/mol. The highest BCUT2D eigenvalue weighted by molar-refractivity contribution is 7.92. The Morgan fingerprint density at radius 2 is 1.84 bits per heavy atom. The Morgan fingerprint density at radius 1 is 1.06 bits per heavy atom. The maximum Gasteiger partial charge on any atom is 0.295 e. The van der Waals surface area contributed by atoms with Gasteiger partial charge in [-0.05, 0) is 42.0 Å². The zero-order chi connectivity index (χ0) is 22.4. The van der Waals surface area contributed by atoms with Gasteiger partial charge in [-0.1, -0.05) is 24.3 Å². The standard InChI is InChI=1S/C20H17FN4O5S/c1-30-20-8-3-2-7-18(20)24-31(28,29)16-9-10-17(19(12-16)25(26)27)23-22-13-14-5-4-6-15(21)11-14/h2-13,23-24H,1H3/b22-13-. The molecule has 0 aliphatic carbocycles. The Hall–Kier alpha value is -3.99. The van der Waals surface area contributed by atoms with Crippen molar-refractivity contribution in [3.8, 4) is 5.75 Å². The van der Waals surface area contributed by atoms with E-state index in [9.17, 15) is 22.9 Å². The minimum atomic E-state index is -4.13. The van der Waals surface area contributed by atoms with Crippen molar-refractivity contribution in [3.05, 3.63) is 88.2 Å². The van der Waals surface area contributed by atoms with Gasteiger partial charge in [0.15, 0.2) is 0 Å². The summed E-state index contributed by atoms with van der Waals surface area (Å²) in [4.78, 5) is 10.4. The van der Waals surface area contributed by atoms with Crippen molar-refractivity contribution in [2.45, 2.75) is 4.90 Å². The van der Waals surface area contributed by atoms with Gasteiger partial charge in [0.25, 0.3) is 15.7 Å². The average molecular weight is 444 g/mol. The summed E-state index contributed by atoms with van der Waals surface area (Å²) in [5, 5.41) is 15.3. The van der Waals surface area contributed by atoms with Crippen molar-refractivity contribution < 1.29 is 22.5 Å². The molecule has 0 aliphatic heterocycles. The molecule has 0 saturated heterocycles. The normalized spacial score (nSPS) is 11.3. The highest BCUT2D eigenvalue weighted by atomic mass is 32.2. The number of para-hydroxylation sites is 2. The number of anilines is 2. The van der Waals surface area contributed by atoms with Crippen LogP contribution in [0.2, 0.25) is 0 Å². The Labute approximate surface area is 177 Å². The Kier molecular flexibility index (Phi) is 6.46. The number of hydrogen-bond donors (Lipinski definition) is 2. The molecule has 0 bridgehead atoms. The maximum atomic E-state index is 13.2. The van der Waals surface area contributed by atoms with Crippen LogP contribution in [0.3, 0.4) is 0 Å². The molecule has 0 saturated carbocycles. The molecular formula is C20H17FN4O5S. The van der Waals surface area contributed by atoms with Crippen molar-refractivity contribution in [3.63, 3.8) is 0 Å².